The molecule has 9 aliphatic rings. The molecule has 12 nitrogen and oxygen atoms in total. The molecule has 2 amide bonds. The summed E-state index contributed by atoms with van der Waals surface area (Å²) in [5.41, 5.74) is -0.764. The molecule has 0 bridgehead atoms. The van der Waals surface area contributed by atoms with E-state index in [0.717, 1.165) is 154 Å². The minimum absolute atomic E-state index is 0. The highest BCUT2D eigenvalue weighted by Gasteiger charge is 2.58. The molecule has 6 saturated carbocycles. The second-order valence-electron chi connectivity index (χ2n) is 23.5. The van der Waals surface area contributed by atoms with Crippen molar-refractivity contribution < 1.29 is 29.9 Å². The second kappa shape index (κ2) is 22.8. The summed E-state index contributed by atoms with van der Waals surface area (Å²) >= 11 is 0. The standard InChI is InChI=1S/C34H60N4O4.C18H34N2O2.CH4/c1-42-23-22-36(29-26-33(18-10-4-11-19-33)38(41)34(27-29)20-12-5-13-21-34)30(39)35-28-24-31(14-6-2-7-15-31)37(40)32(25-28)16-8-3-9-17-32;1-22-13-12-19-16-14-17(8-4-2-5-9-17)20(21)18(15-16)10-6-3-7-11-18;/h28-29,40-41H,2-27H2,1H3,(H,35,39);16,19,21H,2-15H2,1H3;1H4. The molecular weight excluding hydrogens is 817 g/mol. The van der Waals surface area contributed by atoms with E-state index in [1.807, 2.05) is 15.2 Å². The van der Waals surface area contributed by atoms with Gasteiger partial charge >= 0.3 is 6.03 Å². The van der Waals surface area contributed by atoms with E-state index in [9.17, 15) is 20.4 Å². The van der Waals surface area contributed by atoms with Gasteiger partial charge in [-0.05, 0) is 116 Å². The van der Waals surface area contributed by atoms with Crippen LogP contribution in [0.4, 0.5) is 4.79 Å². The fourth-order valence-electron chi connectivity index (χ4n) is 16.4. The second-order valence-corrected chi connectivity index (χ2v) is 23.5. The lowest BCUT2D eigenvalue weighted by Gasteiger charge is -2.61. The monoisotopic (exact) mass is 915 g/mol. The maximum Gasteiger partial charge on any atom is 0.317 e. The van der Waals surface area contributed by atoms with Crippen LogP contribution in [0.3, 0.4) is 0 Å². The van der Waals surface area contributed by atoms with Gasteiger partial charge in [0.1, 0.15) is 0 Å². The van der Waals surface area contributed by atoms with Gasteiger partial charge in [0.15, 0.2) is 0 Å². The minimum Gasteiger partial charge on any atom is -0.383 e. The zero-order chi connectivity index (χ0) is 44.7. The van der Waals surface area contributed by atoms with Crippen LogP contribution >= 0.6 is 0 Å². The molecule has 0 atom stereocenters. The number of nitrogens with one attached hydrogen (secondary N) is 2. The molecule has 9 fully saturated rings. The average molecular weight is 915 g/mol. The molecule has 5 N–H and O–H groups in total. The maximum absolute atomic E-state index is 14.5. The van der Waals surface area contributed by atoms with E-state index in [0.29, 0.717) is 19.2 Å². The number of amides is 2. The van der Waals surface area contributed by atoms with Gasteiger partial charge in [-0.1, -0.05) is 123 Å². The zero-order valence-corrected chi connectivity index (χ0v) is 40.9. The Hall–Kier alpha value is -1.09. The number of nitrogens with zero attached hydrogens (tertiary/aromatic N) is 4. The van der Waals surface area contributed by atoms with Gasteiger partial charge < -0.3 is 40.6 Å². The highest BCUT2D eigenvalue weighted by atomic mass is 16.5. The molecule has 65 heavy (non-hydrogen) atoms. The number of piperidine rings is 3. The van der Waals surface area contributed by atoms with Crippen LogP contribution in [0.5, 0.6) is 0 Å². The van der Waals surface area contributed by atoms with Crippen molar-refractivity contribution in [1.82, 2.24) is 30.7 Å². The topological polar surface area (TPSA) is 133 Å². The number of carbonyl (C=O) groups is 1. The van der Waals surface area contributed by atoms with Gasteiger partial charge in [-0.3, -0.25) is 0 Å². The first kappa shape index (κ1) is 51.8. The molecule has 0 aromatic rings. The van der Waals surface area contributed by atoms with Crippen LogP contribution in [0, 0.1) is 0 Å². The molecule has 6 spiro atoms. The van der Waals surface area contributed by atoms with E-state index < -0.39 is 0 Å². The molecule has 0 radical (unpaired) electrons. The van der Waals surface area contributed by atoms with Gasteiger partial charge in [-0.25, -0.2) is 4.79 Å². The summed E-state index contributed by atoms with van der Waals surface area (Å²) in [6.45, 7) is 2.81. The number of ether oxygens (including phenoxy) is 2. The van der Waals surface area contributed by atoms with Crippen molar-refractivity contribution >= 4 is 6.03 Å². The predicted molar refractivity (Wildman–Crippen MR) is 259 cm³/mol. The highest BCUT2D eigenvalue weighted by Crippen LogP contribution is 2.54. The number of hydrogen-bond acceptors (Lipinski definition) is 10. The first-order valence-electron chi connectivity index (χ1n) is 27.3. The van der Waals surface area contributed by atoms with Crippen LogP contribution in [0.15, 0.2) is 0 Å². The van der Waals surface area contributed by atoms with Crippen LogP contribution in [0.2, 0.25) is 0 Å². The van der Waals surface area contributed by atoms with E-state index in [4.69, 9.17) is 9.47 Å². The van der Waals surface area contributed by atoms with Crippen LogP contribution in [0.25, 0.3) is 0 Å². The highest BCUT2D eigenvalue weighted by molar-refractivity contribution is 5.75. The van der Waals surface area contributed by atoms with E-state index in [-0.39, 0.29) is 58.8 Å². The molecule has 3 heterocycles. The Morgan fingerprint density at radius 2 is 0.769 bits per heavy atom. The van der Waals surface area contributed by atoms with Gasteiger partial charge in [0.25, 0.3) is 0 Å². The lowest BCUT2D eigenvalue weighted by molar-refractivity contribution is -0.285. The molecule has 3 saturated heterocycles. The summed E-state index contributed by atoms with van der Waals surface area (Å²) in [6, 6.07) is 0.765. The fourth-order valence-corrected chi connectivity index (χ4v) is 16.4. The summed E-state index contributed by atoms with van der Waals surface area (Å²) in [4.78, 5) is 16.6. The summed E-state index contributed by atoms with van der Waals surface area (Å²) in [5.74, 6) is 0. The molecule has 3 aliphatic heterocycles. The van der Waals surface area contributed by atoms with Gasteiger partial charge in [-0.2, -0.15) is 15.2 Å². The molecule has 9 rings (SSSR count). The van der Waals surface area contributed by atoms with E-state index >= 15 is 0 Å². The number of hydrogen-bond donors (Lipinski definition) is 5. The predicted octanol–water partition coefficient (Wildman–Crippen LogP) is 11.3. The molecule has 6 aliphatic carbocycles. The van der Waals surface area contributed by atoms with Crippen LogP contribution in [-0.4, -0.2) is 134 Å². The van der Waals surface area contributed by atoms with E-state index in [1.54, 1.807) is 14.2 Å². The van der Waals surface area contributed by atoms with Gasteiger partial charge in [0.05, 0.1) is 13.2 Å². The average Bonchev–Trinajstić information content (AvgIpc) is 3.32. The lowest BCUT2D eigenvalue weighted by Crippen LogP contribution is -2.70. The van der Waals surface area contributed by atoms with Crippen molar-refractivity contribution in [1.29, 1.82) is 0 Å². The Balaban J connectivity index is 0.000000231. The Kier molecular flexibility index (Phi) is 18.1. The zero-order valence-electron chi connectivity index (χ0n) is 40.9. The molecular formula is C53H98N6O6. The maximum atomic E-state index is 14.5. The van der Waals surface area contributed by atoms with Crippen molar-refractivity contribution in [3.05, 3.63) is 0 Å². The third-order valence-electron chi connectivity index (χ3n) is 19.4. The third kappa shape index (κ3) is 11.0. The minimum atomic E-state index is -0.218. The summed E-state index contributed by atoms with van der Waals surface area (Å²) in [5, 5.41) is 47.9. The number of carbonyl (C=O) groups excluding carboxylic acids is 1. The van der Waals surface area contributed by atoms with Gasteiger partial charge in [-0.15, -0.1) is 0 Å². The van der Waals surface area contributed by atoms with Crippen molar-refractivity contribution in [2.45, 2.75) is 290 Å². The smallest absolute Gasteiger partial charge is 0.317 e. The Morgan fingerprint density at radius 3 is 1.08 bits per heavy atom. The van der Waals surface area contributed by atoms with Crippen molar-refractivity contribution in [2.75, 3.05) is 40.5 Å². The first-order chi connectivity index (χ1) is 31.1. The van der Waals surface area contributed by atoms with E-state index in [1.165, 1.54) is 89.9 Å². The van der Waals surface area contributed by atoms with Crippen molar-refractivity contribution in [2.24, 2.45) is 0 Å². The largest absolute Gasteiger partial charge is 0.383 e. The lowest BCUT2D eigenvalue weighted by atomic mass is 9.65. The molecule has 376 valence electrons. The number of hydroxylamine groups is 6. The van der Waals surface area contributed by atoms with Crippen molar-refractivity contribution in [3.63, 3.8) is 0 Å². The van der Waals surface area contributed by atoms with E-state index in [2.05, 4.69) is 15.5 Å². The Labute approximate surface area is 395 Å². The normalized spacial score (nSPS) is 31.9. The Morgan fingerprint density at radius 1 is 0.477 bits per heavy atom. The van der Waals surface area contributed by atoms with Gasteiger partial charge in [0, 0.05) is 78.7 Å². The van der Waals surface area contributed by atoms with Crippen LogP contribution in [-0.2, 0) is 9.47 Å². The molecule has 0 aromatic heterocycles. The summed E-state index contributed by atoms with van der Waals surface area (Å²) in [7, 11) is 3.50. The Bertz CT molecular complexity index is 1360. The number of urea groups is 1. The van der Waals surface area contributed by atoms with Gasteiger partial charge in [0.2, 0.25) is 0 Å². The number of methoxy groups -OCH3 is 2. The molecule has 12 heteroatoms. The summed E-state index contributed by atoms with van der Waals surface area (Å²) in [6.07, 6.45) is 40.6. The van der Waals surface area contributed by atoms with Crippen LogP contribution < -0.4 is 10.6 Å². The summed E-state index contributed by atoms with van der Waals surface area (Å²) < 4.78 is 10.8. The first-order valence-corrected chi connectivity index (χ1v) is 27.3. The number of rotatable bonds is 9. The fraction of sp³-hybridized carbons (Fsp3) is 0.981. The SMILES string of the molecule is C.COCCN(C(=O)NC1CC2(CCCCC2)N(O)C2(CCCCC2)C1)C1CC2(CCCCC2)N(O)C2(CCCCC2)C1.COCCNC1CC2(CCCCC2)N(O)C2(CCCCC2)C1. The van der Waals surface area contributed by atoms with Crippen LogP contribution in [0.1, 0.15) is 239 Å². The quantitative estimate of drug-likeness (QED) is 0.142. The third-order valence-corrected chi connectivity index (χ3v) is 19.4. The molecule has 0 aromatic carbocycles. The van der Waals surface area contributed by atoms with Crippen molar-refractivity contribution in [3.8, 4) is 0 Å². The molecule has 0 unspecified atom stereocenters.